The number of hydrogen-bond donors (Lipinski definition) is 4. The van der Waals surface area contributed by atoms with E-state index in [9.17, 15) is 9.90 Å². The summed E-state index contributed by atoms with van der Waals surface area (Å²) in [4.78, 5) is 30.1. The number of benzene rings is 1. The standard InChI is InChI=1S/C20H19ClN8O2/c1-10(11-3-2-4-13(21)7-11)23-18-26-16-12(8-15-17(30)27-20(31)25-15)9-22-29(16)19(28-18)24-14-5-6-14/h2-4,7-10,14,30H,5-6H2,1H3,(H,23,24,28)(H2,25,27,31)/b12-8-/t10-/m0/s1. The molecule has 158 valence electrons. The van der Waals surface area contributed by atoms with E-state index in [2.05, 4.69) is 35.3 Å². The quantitative estimate of drug-likeness (QED) is 0.370. The van der Waals surface area contributed by atoms with Gasteiger partial charge in [-0.15, -0.1) is 0 Å². The summed E-state index contributed by atoms with van der Waals surface area (Å²) in [7, 11) is 0. The second-order valence-corrected chi connectivity index (χ2v) is 7.89. The van der Waals surface area contributed by atoms with Crippen molar-refractivity contribution in [2.45, 2.75) is 31.8 Å². The number of nitrogens with one attached hydrogen (secondary N) is 3. The largest absolute Gasteiger partial charge is 0.493 e. The minimum absolute atomic E-state index is 0.102. The maximum absolute atomic E-state index is 11.4. The average Bonchev–Trinajstić information content (AvgIpc) is 3.37. The van der Waals surface area contributed by atoms with Gasteiger partial charge in [0.25, 0.3) is 5.62 Å². The Hall–Kier alpha value is -3.66. The third kappa shape index (κ3) is 4.02. The molecule has 0 bridgehead atoms. The Labute approximate surface area is 180 Å². The number of imidazole rings is 1. The Kier molecular flexibility index (Phi) is 4.70. The zero-order chi connectivity index (χ0) is 21.5. The van der Waals surface area contributed by atoms with E-state index in [4.69, 9.17) is 11.6 Å². The molecule has 11 heteroatoms. The van der Waals surface area contributed by atoms with Crippen LogP contribution in [-0.4, -0.2) is 40.7 Å². The van der Waals surface area contributed by atoms with Gasteiger partial charge in [0.05, 0.1) is 18.3 Å². The van der Waals surface area contributed by atoms with Crippen molar-refractivity contribution in [3.8, 4) is 5.88 Å². The Morgan fingerprint density at radius 2 is 2.19 bits per heavy atom. The van der Waals surface area contributed by atoms with Crippen LogP contribution in [0.2, 0.25) is 5.02 Å². The topological polar surface area (TPSA) is 136 Å². The highest BCUT2D eigenvalue weighted by atomic mass is 35.5. The van der Waals surface area contributed by atoms with E-state index < -0.39 is 5.69 Å². The zero-order valence-corrected chi connectivity index (χ0v) is 17.3. The number of nitrogens with zero attached hydrogens (tertiary/aromatic N) is 5. The van der Waals surface area contributed by atoms with Crippen molar-refractivity contribution in [2.24, 2.45) is 4.99 Å². The Morgan fingerprint density at radius 3 is 2.90 bits per heavy atom. The molecule has 5 rings (SSSR count). The second-order valence-electron chi connectivity index (χ2n) is 7.45. The molecule has 0 saturated heterocycles. The van der Waals surface area contributed by atoms with Crippen LogP contribution in [0.15, 0.2) is 40.2 Å². The van der Waals surface area contributed by atoms with Gasteiger partial charge in [-0.2, -0.15) is 19.6 Å². The van der Waals surface area contributed by atoms with E-state index in [-0.39, 0.29) is 23.7 Å². The first-order chi connectivity index (χ1) is 15.0. The smallest absolute Gasteiger partial charge is 0.326 e. The highest BCUT2D eigenvalue weighted by Gasteiger charge is 2.21. The molecule has 4 N–H and O–H groups in total. The summed E-state index contributed by atoms with van der Waals surface area (Å²) in [5, 5.41) is 18.8. The minimum Gasteiger partial charge on any atom is -0.493 e. The molecule has 0 unspecified atom stereocenters. The first-order valence-corrected chi connectivity index (χ1v) is 10.2. The van der Waals surface area contributed by atoms with Gasteiger partial charge in [-0.25, -0.2) is 9.79 Å². The number of aromatic amines is 2. The lowest BCUT2D eigenvalue weighted by Crippen LogP contribution is -2.25. The van der Waals surface area contributed by atoms with Crippen LogP contribution in [0.5, 0.6) is 5.88 Å². The SMILES string of the molecule is C[C@H](Nc1nc(=NC2CC2)n2nc/c(=C/c3[nH]c(=O)[nH]c3O)c2n1)c1cccc(Cl)c1. The van der Waals surface area contributed by atoms with E-state index in [0.29, 0.717) is 27.5 Å². The highest BCUT2D eigenvalue weighted by molar-refractivity contribution is 6.30. The van der Waals surface area contributed by atoms with Crippen molar-refractivity contribution in [3.63, 3.8) is 0 Å². The van der Waals surface area contributed by atoms with Gasteiger partial charge in [-0.05, 0) is 43.5 Å². The van der Waals surface area contributed by atoms with Gasteiger partial charge in [0.15, 0.2) is 5.65 Å². The molecule has 10 nitrogen and oxygen atoms in total. The van der Waals surface area contributed by atoms with E-state index in [0.717, 1.165) is 18.4 Å². The van der Waals surface area contributed by atoms with Crippen molar-refractivity contribution in [1.82, 2.24) is 29.5 Å². The van der Waals surface area contributed by atoms with Crippen LogP contribution in [0.4, 0.5) is 5.95 Å². The Morgan fingerprint density at radius 1 is 1.35 bits per heavy atom. The van der Waals surface area contributed by atoms with Crippen molar-refractivity contribution in [2.75, 3.05) is 5.32 Å². The van der Waals surface area contributed by atoms with Gasteiger partial charge in [0.2, 0.25) is 11.8 Å². The van der Waals surface area contributed by atoms with Crippen LogP contribution in [-0.2, 0) is 0 Å². The molecule has 3 heterocycles. The number of anilines is 1. The van der Waals surface area contributed by atoms with E-state index in [1.54, 1.807) is 16.8 Å². The Bertz CT molecular complexity index is 1450. The van der Waals surface area contributed by atoms with E-state index in [1.807, 2.05) is 31.2 Å². The number of H-pyrrole nitrogens is 2. The third-order valence-corrected chi connectivity index (χ3v) is 5.19. The summed E-state index contributed by atoms with van der Waals surface area (Å²) >= 11 is 6.12. The van der Waals surface area contributed by atoms with Gasteiger partial charge in [0, 0.05) is 10.2 Å². The fourth-order valence-electron chi connectivity index (χ4n) is 3.20. The maximum Gasteiger partial charge on any atom is 0.326 e. The van der Waals surface area contributed by atoms with Crippen molar-refractivity contribution >= 4 is 29.3 Å². The van der Waals surface area contributed by atoms with E-state index in [1.165, 1.54) is 0 Å². The van der Waals surface area contributed by atoms with Gasteiger partial charge in [0.1, 0.15) is 5.69 Å². The Balaban J connectivity index is 1.62. The van der Waals surface area contributed by atoms with Crippen LogP contribution < -0.4 is 21.8 Å². The molecule has 1 saturated carbocycles. The number of aromatic hydroxyl groups is 1. The van der Waals surface area contributed by atoms with Crippen molar-refractivity contribution in [3.05, 3.63) is 68.1 Å². The van der Waals surface area contributed by atoms with Gasteiger partial charge in [-0.1, -0.05) is 23.7 Å². The molecule has 3 aromatic heterocycles. The fraction of sp³-hybridized carbons (Fsp3) is 0.250. The predicted octanol–water partition coefficient (Wildman–Crippen LogP) is 1.28. The second kappa shape index (κ2) is 7.55. The summed E-state index contributed by atoms with van der Waals surface area (Å²) in [5.41, 5.74) is 1.67. The lowest BCUT2D eigenvalue weighted by molar-refractivity contribution is 0.454. The number of hydrogen-bond acceptors (Lipinski definition) is 7. The van der Waals surface area contributed by atoms with Crippen LogP contribution in [0.25, 0.3) is 11.7 Å². The molecule has 1 aromatic carbocycles. The molecular formula is C20H19ClN8O2. The first kappa shape index (κ1) is 19.3. The summed E-state index contributed by atoms with van der Waals surface area (Å²) in [6.07, 6.45) is 5.22. The molecule has 4 aromatic rings. The molecule has 1 fully saturated rings. The number of fused-ring (bicyclic) bond motifs is 1. The van der Waals surface area contributed by atoms with Gasteiger partial charge >= 0.3 is 5.69 Å². The first-order valence-electron chi connectivity index (χ1n) is 9.81. The van der Waals surface area contributed by atoms with Crippen LogP contribution in [0.1, 0.15) is 37.1 Å². The summed E-state index contributed by atoms with van der Waals surface area (Å²) in [5.74, 6) is 0.135. The summed E-state index contributed by atoms with van der Waals surface area (Å²) in [6.45, 7) is 1.99. The third-order valence-electron chi connectivity index (χ3n) is 4.95. The molecule has 0 spiro atoms. The summed E-state index contributed by atoms with van der Waals surface area (Å²) < 4.78 is 1.56. The molecular weight excluding hydrogens is 420 g/mol. The molecule has 1 aliphatic carbocycles. The lowest BCUT2D eigenvalue weighted by atomic mass is 10.1. The van der Waals surface area contributed by atoms with E-state index >= 15 is 0 Å². The van der Waals surface area contributed by atoms with Crippen LogP contribution in [0, 0.1) is 0 Å². The summed E-state index contributed by atoms with van der Waals surface area (Å²) in [6, 6.07) is 7.70. The fourth-order valence-corrected chi connectivity index (χ4v) is 3.40. The van der Waals surface area contributed by atoms with Crippen molar-refractivity contribution < 1.29 is 5.11 Å². The normalized spacial score (nSPS) is 16.2. The maximum atomic E-state index is 11.4. The van der Waals surface area contributed by atoms with Gasteiger partial charge < -0.3 is 15.4 Å². The highest BCUT2D eigenvalue weighted by Crippen LogP contribution is 2.23. The van der Waals surface area contributed by atoms with Crippen LogP contribution in [0.3, 0.4) is 0 Å². The minimum atomic E-state index is -0.503. The molecule has 1 atom stereocenters. The molecule has 0 radical (unpaired) electrons. The monoisotopic (exact) mass is 438 g/mol. The molecule has 0 amide bonds. The zero-order valence-electron chi connectivity index (χ0n) is 16.5. The van der Waals surface area contributed by atoms with Crippen LogP contribution >= 0.6 is 11.6 Å². The van der Waals surface area contributed by atoms with Gasteiger partial charge in [-0.3, -0.25) is 4.98 Å². The number of rotatable bonds is 5. The molecule has 1 aliphatic rings. The van der Waals surface area contributed by atoms with Crippen molar-refractivity contribution in [1.29, 1.82) is 0 Å². The number of halogens is 1. The lowest BCUT2D eigenvalue weighted by Gasteiger charge is -2.14. The number of aromatic nitrogens is 6. The average molecular weight is 439 g/mol. The molecule has 0 aliphatic heterocycles. The molecule has 31 heavy (non-hydrogen) atoms. The predicted molar refractivity (Wildman–Crippen MR) is 115 cm³/mol.